The van der Waals surface area contributed by atoms with Crippen molar-refractivity contribution in [2.75, 3.05) is 31.2 Å². The molecule has 0 spiro atoms. The Morgan fingerprint density at radius 3 is 2.78 bits per heavy atom. The van der Waals surface area contributed by atoms with Crippen LogP contribution in [0.5, 0.6) is 0 Å². The summed E-state index contributed by atoms with van der Waals surface area (Å²) in [4.78, 5) is 26.5. The number of aliphatic carboxylic acids is 1. The highest BCUT2D eigenvalue weighted by Crippen LogP contribution is 2.25. The van der Waals surface area contributed by atoms with Gasteiger partial charge in [0.1, 0.15) is 0 Å². The number of para-hydroxylation sites is 1. The molecule has 2 atom stereocenters. The lowest BCUT2D eigenvalue weighted by atomic mass is 9.90. The minimum Gasteiger partial charge on any atom is -0.481 e. The maximum atomic E-state index is 12.2. The topological polar surface area (TPSA) is 69.6 Å². The number of thioether (sulfide) groups is 1. The molecule has 0 bridgehead atoms. The molecule has 2 rings (SSSR count). The molecule has 1 aromatic carbocycles. The summed E-state index contributed by atoms with van der Waals surface area (Å²) < 4.78 is 0. The smallest absolute Gasteiger partial charge is 0.307 e. The number of rotatable bonds is 6. The molecule has 0 radical (unpaired) electrons. The van der Waals surface area contributed by atoms with E-state index in [0.29, 0.717) is 25.4 Å². The summed E-state index contributed by atoms with van der Waals surface area (Å²) in [5.74, 6) is -0.736. The number of likely N-dealkylation sites (tertiary alicyclic amines) is 1. The van der Waals surface area contributed by atoms with Gasteiger partial charge in [-0.15, -0.1) is 11.8 Å². The van der Waals surface area contributed by atoms with Crippen LogP contribution in [0.3, 0.4) is 0 Å². The number of hydrogen-bond donors (Lipinski definition) is 2. The zero-order valence-corrected chi connectivity index (χ0v) is 14.4. The Morgan fingerprint density at radius 1 is 1.35 bits per heavy atom. The molecule has 23 heavy (non-hydrogen) atoms. The largest absolute Gasteiger partial charge is 0.481 e. The van der Waals surface area contributed by atoms with Crippen molar-refractivity contribution < 1.29 is 14.7 Å². The molecule has 1 fully saturated rings. The average Bonchev–Trinajstić information content (AvgIpc) is 2.53. The van der Waals surface area contributed by atoms with E-state index < -0.39 is 5.97 Å². The number of piperidine rings is 1. The van der Waals surface area contributed by atoms with Crippen molar-refractivity contribution >= 4 is 29.3 Å². The number of hydrogen-bond acceptors (Lipinski definition) is 4. The quantitative estimate of drug-likeness (QED) is 0.782. The van der Waals surface area contributed by atoms with Crippen LogP contribution in [0.25, 0.3) is 0 Å². The number of carbonyl (C=O) groups is 2. The Labute approximate surface area is 141 Å². The molecule has 1 aromatic rings. The highest BCUT2D eigenvalue weighted by atomic mass is 32.2. The molecular weight excluding hydrogens is 312 g/mol. The van der Waals surface area contributed by atoms with Crippen molar-refractivity contribution in [1.29, 1.82) is 0 Å². The number of benzene rings is 1. The fourth-order valence-corrected chi connectivity index (χ4v) is 3.60. The standard InChI is InChI=1S/C17H24N2O3S/c1-12-9-13(17(21)22)11-19(10-12)8-7-16(20)18-14-5-3-4-6-15(14)23-2/h3-6,12-13H,7-11H2,1-2H3,(H,18,20)(H,21,22). The van der Waals surface area contributed by atoms with Gasteiger partial charge in [0, 0.05) is 31.0 Å². The SMILES string of the molecule is CSc1ccccc1NC(=O)CCN1CC(C)CC(C(=O)O)C1. The van der Waals surface area contributed by atoms with E-state index >= 15 is 0 Å². The van der Waals surface area contributed by atoms with Crippen LogP contribution in [0.2, 0.25) is 0 Å². The van der Waals surface area contributed by atoms with Crippen LogP contribution < -0.4 is 5.32 Å². The van der Waals surface area contributed by atoms with Crippen LogP contribution >= 0.6 is 11.8 Å². The van der Waals surface area contributed by atoms with Gasteiger partial charge in [-0.2, -0.15) is 0 Å². The van der Waals surface area contributed by atoms with Gasteiger partial charge in [-0.05, 0) is 30.7 Å². The van der Waals surface area contributed by atoms with Crippen molar-refractivity contribution in [3.05, 3.63) is 24.3 Å². The molecule has 1 heterocycles. The van der Waals surface area contributed by atoms with Crippen LogP contribution in [-0.4, -0.2) is 47.8 Å². The summed E-state index contributed by atoms with van der Waals surface area (Å²) in [7, 11) is 0. The molecule has 2 N–H and O–H groups in total. The van der Waals surface area contributed by atoms with Crippen molar-refractivity contribution in [2.24, 2.45) is 11.8 Å². The van der Waals surface area contributed by atoms with Gasteiger partial charge in [0.15, 0.2) is 0 Å². The van der Waals surface area contributed by atoms with Gasteiger partial charge < -0.3 is 15.3 Å². The highest BCUT2D eigenvalue weighted by molar-refractivity contribution is 7.98. The van der Waals surface area contributed by atoms with Crippen molar-refractivity contribution in [2.45, 2.75) is 24.7 Å². The van der Waals surface area contributed by atoms with E-state index in [0.717, 1.165) is 23.5 Å². The molecule has 1 saturated heterocycles. The molecule has 1 aliphatic heterocycles. The van der Waals surface area contributed by atoms with Gasteiger partial charge >= 0.3 is 5.97 Å². The molecule has 1 amide bonds. The van der Waals surface area contributed by atoms with Gasteiger partial charge in [-0.1, -0.05) is 19.1 Å². The van der Waals surface area contributed by atoms with Crippen molar-refractivity contribution in [1.82, 2.24) is 4.90 Å². The second kappa shape index (κ2) is 8.36. The second-order valence-electron chi connectivity index (χ2n) is 6.13. The minimum absolute atomic E-state index is 0.0309. The summed E-state index contributed by atoms with van der Waals surface area (Å²) >= 11 is 1.60. The molecule has 1 aliphatic rings. The normalized spacial score (nSPS) is 21.8. The summed E-state index contributed by atoms with van der Waals surface area (Å²) in [5.41, 5.74) is 0.834. The van der Waals surface area contributed by atoms with Gasteiger partial charge in [-0.25, -0.2) is 0 Å². The van der Waals surface area contributed by atoms with E-state index in [2.05, 4.69) is 17.1 Å². The molecule has 5 nitrogen and oxygen atoms in total. The van der Waals surface area contributed by atoms with Crippen LogP contribution in [0.15, 0.2) is 29.2 Å². The first kappa shape index (κ1) is 17.8. The molecule has 0 aliphatic carbocycles. The van der Waals surface area contributed by atoms with E-state index in [-0.39, 0.29) is 11.8 Å². The Morgan fingerprint density at radius 2 is 2.09 bits per heavy atom. The second-order valence-corrected chi connectivity index (χ2v) is 6.98. The summed E-state index contributed by atoms with van der Waals surface area (Å²) in [6.07, 6.45) is 3.08. The third-order valence-corrected chi connectivity index (χ3v) is 4.92. The van der Waals surface area contributed by atoms with Crippen LogP contribution in [0.1, 0.15) is 19.8 Å². The minimum atomic E-state index is -0.736. The first-order valence-corrected chi connectivity index (χ1v) is 9.10. The Balaban J connectivity index is 1.85. The number of anilines is 1. The monoisotopic (exact) mass is 336 g/mol. The maximum Gasteiger partial charge on any atom is 0.307 e. The Hall–Kier alpha value is -1.53. The van der Waals surface area contributed by atoms with Gasteiger partial charge in [-0.3, -0.25) is 9.59 Å². The molecule has 0 aromatic heterocycles. The van der Waals surface area contributed by atoms with E-state index in [1.165, 1.54) is 0 Å². The van der Waals surface area contributed by atoms with Crippen molar-refractivity contribution in [3.63, 3.8) is 0 Å². The van der Waals surface area contributed by atoms with Crippen LogP contribution in [-0.2, 0) is 9.59 Å². The van der Waals surface area contributed by atoms with E-state index in [1.54, 1.807) is 11.8 Å². The molecule has 126 valence electrons. The van der Waals surface area contributed by atoms with Crippen LogP contribution in [0.4, 0.5) is 5.69 Å². The zero-order valence-electron chi connectivity index (χ0n) is 13.6. The summed E-state index contributed by atoms with van der Waals surface area (Å²) in [6.45, 7) is 4.06. The Kier molecular flexibility index (Phi) is 6.47. The first-order chi connectivity index (χ1) is 11.0. The Bertz CT molecular complexity index is 565. The molecule has 6 heteroatoms. The van der Waals surface area contributed by atoms with Crippen molar-refractivity contribution in [3.8, 4) is 0 Å². The predicted molar refractivity (Wildman–Crippen MR) is 92.8 cm³/mol. The van der Waals surface area contributed by atoms with E-state index in [1.807, 2.05) is 30.5 Å². The molecule has 0 saturated carbocycles. The number of nitrogens with zero attached hydrogens (tertiary/aromatic N) is 1. The van der Waals surface area contributed by atoms with Gasteiger partial charge in [0.05, 0.1) is 11.6 Å². The number of amides is 1. The lowest BCUT2D eigenvalue weighted by Crippen LogP contribution is -2.43. The van der Waals surface area contributed by atoms with Gasteiger partial charge in [0.2, 0.25) is 5.91 Å². The van der Waals surface area contributed by atoms with E-state index in [9.17, 15) is 14.7 Å². The van der Waals surface area contributed by atoms with Crippen LogP contribution in [0, 0.1) is 11.8 Å². The summed E-state index contributed by atoms with van der Waals surface area (Å²) in [5, 5.41) is 12.1. The predicted octanol–water partition coefficient (Wildman–Crippen LogP) is 2.78. The number of nitrogens with one attached hydrogen (secondary N) is 1. The third-order valence-electron chi connectivity index (χ3n) is 4.12. The maximum absolute atomic E-state index is 12.2. The fraction of sp³-hybridized carbons (Fsp3) is 0.529. The molecular formula is C17H24N2O3S. The number of carboxylic acid groups (broad SMARTS) is 1. The fourth-order valence-electron chi connectivity index (χ4n) is 3.04. The average molecular weight is 336 g/mol. The third kappa shape index (κ3) is 5.25. The highest BCUT2D eigenvalue weighted by Gasteiger charge is 2.29. The van der Waals surface area contributed by atoms with Gasteiger partial charge in [0.25, 0.3) is 0 Å². The molecule has 2 unspecified atom stereocenters. The van der Waals surface area contributed by atoms with E-state index in [4.69, 9.17) is 0 Å². The number of carboxylic acids is 1. The lowest BCUT2D eigenvalue weighted by Gasteiger charge is -2.34. The lowest BCUT2D eigenvalue weighted by molar-refractivity contribution is -0.144. The summed E-state index contributed by atoms with van der Waals surface area (Å²) in [6, 6.07) is 7.72. The number of carbonyl (C=O) groups excluding carboxylic acids is 1. The first-order valence-electron chi connectivity index (χ1n) is 7.87. The zero-order chi connectivity index (χ0) is 16.8.